The van der Waals surface area contributed by atoms with Crippen molar-refractivity contribution in [3.63, 3.8) is 0 Å². The molecular weight excluding hydrogens is 116 g/mol. The fraction of sp³-hybridized carbons (Fsp3) is 0.143. The summed E-state index contributed by atoms with van der Waals surface area (Å²) in [5, 5.41) is 0. The molecule has 0 aromatic carbocycles. The van der Waals surface area contributed by atoms with E-state index in [1.54, 1.807) is 25.5 Å². The first-order valence-electron chi connectivity index (χ1n) is 2.62. The van der Waals surface area contributed by atoms with E-state index in [0.717, 1.165) is 5.75 Å². The molecular formula is C7H8O2. The molecule has 48 valence electrons. The van der Waals surface area contributed by atoms with Crippen LogP contribution in [0.1, 0.15) is 5.76 Å². The Morgan fingerprint density at radius 1 is 1.78 bits per heavy atom. The molecule has 0 saturated carbocycles. The Hall–Kier alpha value is -1.18. The average molecular weight is 124 g/mol. The molecule has 1 rings (SSSR count). The zero-order valence-corrected chi connectivity index (χ0v) is 5.26. The van der Waals surface area contributed by atoms with Crippen molar-refractivity contribution in [2.24, 2.45) is 0 Å². The third kappa shape index (κ3) is 0.964. The van der Waals surface area contributed by atoms with Crippen molar-refractivity contribution < 1.29 is 9.15 Å². The first-order chi connectivity index (χ1) is 4.38. The highest BCUT2D eigenvalue weighted by Crippen LogP contribution is 2.19. The van der Waals surface area contributed by atoms with E-state index in [0.29, 0.717) is 5.76 Å². The molecule has 2 heteroatoms. The van der Waals surface area contributed by atoms with Gasteiger partial charge in [0.25, 0.3) is 0 Å². The number of hydrogen-bond donors (Lipinski definition) is 0. The van der Waals surface area contributed by atoms with Crippen molar-refractivity contribution in [1.82, 2.24) is 0 Å². The van der Waals surface area contributed by atoms with Gasteiger partial charge in [-0.3, -0.25) is 0 Å². The lowest BCUT2D eigenvalue weighted by Crippen LogP contribution is -1.79. The molecule has 0 unspecified atom stereocenters. The maximum absolute atomic E-state index is 4.96. The first-order valence-corrected chi connectivity index (χ1v) is 2.62. The van der Waals surface area contributed by atoms with Crippen molar-refractivity contribution >= 4 is 6.08 Å². The summed E-state index contributed by atoms with van der Waals surface area (Å²) in [5.74, 6) is 1.41. The fourth-order valence-corrected chi connectivity index (χ4v) is 0.627. The van der Waals surface area contributed by atoms with E-state index in [1.807, 2.05) is 0 Å². The normalized spacial score (nSPS) is 9.00. The summed E-state index contributed by atoms with van der Waals surface area (Å²) in [6, 6.07) is 1.75. The zero-order chi connectivity index (χ0) is 6.69. The molecule has 0 amide bonds. The highest BCUT2D eigenvalue weighted by Gasteiger charge is 1.98. The monoisotopic (exact) mass is 124 g/mol. The van der Waals surface area contributed by atoms with E-state index in [-0.39, 0.29) is 0 Å². The Bertz CT molecular complexity index is 200. The highest BCUT2D eigenvalue weighted by atomic mass is 16.5. The topological polar surface area (TPSA) is 22.4 Å². The van der Waals surface area contributed by atoms with E-state index >= 15 is 0 Å². The van der Waals surface area contributed by atoms with Crippen LogP contribution in [-0.4, -0.2) is 7.11 Å². The molecule has 0 saturated heterocycles. The quantitative estimate of drug-likeness (QED) is 0.601. The van der Waals surface area contributed by atoms with Gasteiger partial charge in [0.2, 0.25) is 0 Å². The third-order valence-corrected chi connectivity index (χ3v) is 1.06. The van der Waals surface area contributed by atoms with Gasteiger partial charge in [-0.15, -0.1) is 0 Å². The van der Waals surface area contributed by atoms with Crippen molar-refractivity contribution in [2.75, 3.05) is 7.11 Å². The molecule has 0 aliphatic rings. The van der Waals surface area contributed by atoms with E-state index in [1.165, 1.54) is 0 Å². The van der Waals surface area contributed by atoms with Gasteiger partial charge in [-0.05, 0) is 6.08 Å². The Morgan fingerprint density at radius 3 is 3.00 bits per heavy atom. The second-order valence-electron chi connectivity index (χ2n) is 1.56. The van der Waals surface area contributed by atoms with Crippen molar-refractivity contribution in [3.05, 3.63) is 24.7 Å². The molecule has 1 aromatic heterocycles. The number of hydrogen-bond acceptors (Lipinski definition) is 2. The number of methoxy groups -OCH3 is 1. The molecule has 9 heavy (non-hydrogen) atoms. The van der Waals surface area contributed by atoms with Gasteiger partial charge in [0.05, 0.1) is 13.4 Å². The molecule has 1 heterocycles. The molecule has 0 N–H and O–H groups in total. The fourth-order valence-electron chi connectivity index (χ4n) is 0.627. The average Bonchev–Trinajstić information content (AvgIpc) is 2.33. The van der Waals surface area contributed by atoms with Crippen LogP contribution in [0, 0.1) is 0 Å². The Morgan fingerprint density at radius 2 is 2.56 bits per heavy atom. The van der Waals surface area contributed by atoms with E-state index in [4.69, 9.17) is 9.15 Å². The lowest BCUT2D eigenvalue weighted by atomic mass is 10.4. The molecule has 0 aliphatic carbocycles. The van der Waals surface area contributed by atoms with Crippen LogP contribution in [0.25, 0.3) is 6.08 Å². The summed E-state index contributed by atoms with van der Waals surface area (Å²) in [7, 11) is 1.60. The zero-order valence-electron chi connectivity index (χ0n) is 5.26. The van der Waals surface area contributed by atoms with E-state index in [9.17, 15) is 0 Å². The Balaban J connectivity index is 2.98. The second kappa shape index (κ2) is 2.40. The minimum atomic E-state index is 0.678. The van der Waals surface area contributed by atoms with Crippen molar-refractivity contribution in [3.8, 4) is 5.75 Å². The second-order valence-corrected chi connectivity index (χ2v) is 1.56. The number of rotatable bonds is 2. The van der Waals surface area contributed by atoms with Gasteiger partial charge in [-0.1, -0.05) is 6.58 Å². The van der Waals surface area contributed by atoms with Crippen LogP contribution < -0.4 is 4.74 Å². The Kier molecular flexibility index (Phi) is 1.58. The molecule has 1 aromatic rings. The maximum atomic E-state index is 4.96. The predicted octanol–water partition coefficient (Wildman–Crippen LogP) is 1.93. The smallest absolute Gasteiger partial charge is 0.167 e. The van der Waals surface area contributed by atoms with Crippen LogP contribution in [0.15, 0.2) is 23.3 Å². The number of ether oxygens (including phenoxy) is 1. The molecule has 2 nitrogen and oxygen atoms in total. The van der Waals surface area contributed by atoms with E-state index in [2.05, 4.69) is 6.58 Å². The van der Waals surface area contributed by atoms with Crippen molar-refractivity contribution in [2.45, 2.75) is 0 Å². The lowest BCUT2D eigenvalue weighted by Gasteiger charge is -1.92. The van der Waals surface area contributed by atoms with Crippen LogP contribution in [0.5, 0.6) is 5.75 Å². The predicted molar refractivity (Wildman–Crippen MR) is 35.4 cm³/mol. The molecule has 0 aliphatic heterocycles. The van der Waals surface area contributed by atoms with Gasteiger partial charge in [-0.2, -0.15) is 0 Å². The molecule has 0 radical (unpaired) electrons. The van der Waals surface area contributed by atoms with Crippen LogP contribution >= 0.6 is 0 Å². The first kappa shape index (κ1) is 5.95. The summed E-state index contributed by atoms with van der Waals surface area (Å²) in [6.07, 6.45) is 3.18. The summed E-state index contributed by atoms with van der Waals surface area (Å²) in [6.45, 7) is 3.54. The Labute approximate surface area is 53.7 Å². The summed E-state index contributed by atoms with van der Waals surface area (Å²) < 4.78 is 9.87. The standard InChI is InChI=1S/C7H8O2/c1-3-6-7(8-2)4-5-9-6/h3-5H,1H2,2H3. The van der Waals surface area contributed by atoms with Gasteiger partial charge in [0.15, 0.2) is 11.5 Å². The third-order valence-electron chi connectivity index (χ3n) is 1.06. The molecule has 0 atom stereocenters. The van der Waals surface area contributed by atoms with Crippen LogP contribution in [-0.2, 0) is 0 Å². The molecule has 0 spiro atoms. The van der Waals surface area contributed by atoms with Crippen LogP contribution in [0.3, 0.4) is 0 Å². The lowest BCUT2D eigenvalue weighted by molar-refractivity contribution is 0.403. The van der Waals surface area contributed by atoms with Crippen molar-refractivity contribution in [1.29, 1.82) is 0 Å². The van der Waals surface area contributed by atoms with Crippen LogP contribution in [0.2, 0.25) is 0 Å². The molecule has 0 fully saturated rings. The highest BCUT2D eigenvalue weighted by molar-refractivity contribution is 5.48. The SMILES string of the molecule is C=Cc1occc1OC. The largest absolute Gasteiger partial charge is 0.493 e. The summed E-state index contributed by atoms with van der Waals surface area (Å²) in [4.78, 5) is 0. The summed E-state index contributed by atoms with van der Waals surface area (Å²) >= 11 is 0. The maximum Gasteiger partial charge on any atom is 0.167 e. The number of furan rings is 1. The van der Waals surface area contributed by atoms with Crippen LogP contribution in [0.4, 0.5) is 0 Å². The van der Waals surface area contributed by atoms with Gasteiger partial charge < -0.3 is 9.15 Å². The molecule has 0 bridgehead atoms. The van der Waals surface area contributed by atoms with E-state index < -0.39 is 0 Å². The van der Waals surface area contributed by atoms with Gasteiger partial charge in [0.1, 0.15) is 0 Å². The minimum Gasteiger partial charge on any atom is -0.493 e. The van der Waals surface area contributed by atoms with Gasteiger partial charge >= 0.3 is 0 Å². The van der Waals surface area contributed by atoms with Gasteiger partial charge in [-0.25, -0.2) is 0 Å². The van der Waals surface area contributed by atoms with Gasteiger partial charge in [0, 0.05) is 6.07 Å². The summed E-state index contributed by atoms with van der Waals surface area (Å²) in [5.41, 5.74) is 0. The minimum absolute atomic E-state index is 0.678.